The summed E-state index contributed by atoms with van der Waals surface area (Å²) >= 11 is 5.94. The van der Waals surface area contributed by atoms with Crippen molar-refractivity contribution in [2.45, 2.75) is 71.0 Å². The van der Waals surface area contributed by atoms with Gasteiger partial charge in [0.1, 0.15) is 5.75 Å². The van der Waals surface area contributed by atoms with Crippen LogP contribution >= 0.6 is 12.2 Å². The van der Waals surface area contributed by atoms with Gasteiger partial charge in [-0.2, -0.15) is 0 Å². The van der Waals surface area contributed by atoms with Crippen LogP contribution in [0.1, 0.15) is 79.8 Å². The summed E-state index contributed by atoms with van der Waals surface area (Å²) in [7, 11) is 1.60. The van der Waals surface area contributed by atoms with Gasteiger partial charge in [-0.05, 0) is 80.9 Å². The number of amides is 1. The molecule has 1 saturated carbocycles. The zero-order chi connectivity index (χ0) is 26.1. The topological polar surface area (TPSA) is 71.4 Å². The van der Waals surface area contributed by atoms with Gasteiger partial charge in [0.15, 0.2) is 5.11 Å². The minimum atomic E-state index is -0.156. The maximum Gasteiger partial charge on any atom is 0.221 e. The molecule has 37 heavy (non-hydrogen) atoms. The first-order valence-corrected chi connectivity index (χ1v) is 13.4. The van der Waals surface area contributed by atoms with Crippen LogP contribution in [0.3, 0.4) is 0 Å². The molecule has 0 radical (unpaired) electrons. The van der Waals surface area contributed by atoms with Gasteiger partial charge in [-0.1, -0.05) is 25.3 Å². The number of ether oxygens (including phenoxy) is 1. The third-order valence-corrected chi connectivity index (χ3v) is 7.97. The van der Waals surface area contributed by atoms with Crippen molar-refractivity contribution in [3.8, 4) is 5.75 Å². The van der Waals surface area contributed by atoms with Gasteiger partial charge in [0, 0.05) is 36.2 Å². The van der Waals surface area contributed by atoms with Crippen molar-refractivity contribution in [1.82, 2.24) is 14.9 Å². The van der Waals surface area contributed by atoms with Crippen molar-refractivity contribution in [2.75, 3.05) is 17.3 Å². The molecule has 0 bridgehead atoms. The number of benzene rings is 1. The molecule has 2 aliphatic rings. The van der Waals surface area contributed by atoms with Gasteiger partial charge >= 0.3 is 0 Å². The molecular weight excluding hydrogens is 482 g/mol. The van der Waals surface area contributed by atoms with Crippen LogP contribution in [0.2, 0.25) is 0 Å². The van der Waals surface area contributed by atoms with Crippen LogP contribution in [0.15, 0.2) is 48.7 Å². The number of methoxy groups -OCH3 is 1. The van der Waals surface area contributed by atoms with Crippen LogP contribution in [-0.2, 0) is 4.79 Å². The number of hydrogen-bond donors (Lipinski definition) is 2. The van der Waals surface area contributed by atoms with E-state index in [4.69, 9.17) is 21.9 Å². The molecule has 194 valence electrons. The summed E-state index contributed by atoms with van der Waals surface area (Å²) < 4.78 is 8.04. The van der Waals surface area contributed by atoms with Gasteiger partial charge < -0.3 is 24.8 Å². The lowest BCUT2D eigenvalue weighted by Crippen LogP contribution is -2.29. The molecule has 0 unspecified atom stereocenters. The summed E-state index contributed by atoms with van der Waals surface area (Å²) in [5.41, 5.74) is 6.24. The highest BCUT2D eigenvalue weighted by Crippen LogP contribution is 2.45. The third-order valence-electron chi connectivity index (χ3n) is 7.65. The molecular formula is C29H35N5O2S. The van der Waals surface area contributed by atoms with Crippen LogP contribution < -0.4 is 20.3 Å². The first-order valence-electron chi connectivity index (χ1n) is 13.0. The predicted octanol–water partition coefficient (Wildman–Crippen LogP) is 6.15. The van der Waals surface area contributed by atoms with Crippen LogP contribution in [0.4, 0.5) is 11.4 Å². The van der Waals surface area contributed by atoms with Crippen molar-refractivity contribution in [1.29, 1.82) is 0 Å². The molecule has 2 fully saturated rings. The number of anilines is 2. The van der Waals surface area contributed by atoms with Crippen molar-refractivity contribution in [3.05, 3.63) is 71.3 Å². The number of carbonyl (C=O) groups is 1. The largest absolute Gasteiger partial charge is 0.495 e. The van der Waals surface area contributed by atoms with E-state index in [-0.39, 0.29) is 18.0 Å². The summed E-state index contributed by atoms with van der Waals surface area (Å²) in [6.45, 7) is 5.95. The van der Waals surface area contributed by atoms with Crippen LogP contribution in [-0.4, -0.2) is 27.7 Å². The molecule has 1 aliphatic carbocycles. The molecule has 3 aromatic rings. The summed E-state index contributed by atoms with van der Waals surface area (Å²) in [6, 6.07) is 14.4. The average molecular weight is 518 g/mol. The minimum Gasteiger partial charge on any atom is -0.495 e. The molecule has 5 rings (SSSR count). The normalized spacial score (nSPS) is 20.1. The Kier molecular flexibility index (Phi) is 7.20. The molecule has 8 heteroatoms. The summed E-state index contributed by atoms with van der Waals surface area (Å²) in [4.78, 5) is 18.8. The van der Waals surface area contributed by atoms with Gasteiger partial charge in [-0.3, -0.25) is 9.78 Å². The Bertz CT molecular complexity index is 1300. The van der Waals surface area contributed by atoms with Crippen molar-refractivity contribution in [3.63, 3.8) is 0 Å². The fourth-order valence-corrected chi connectivity index (χ4v) is 6.43. The molecule has 7 nitrogen and oxygen atoms in total. The standard InChI is InChI=1S/C29H35N5O2S/c1-18-16-23(19(2)33(18)21-10-6-5-7-11-21)28-27(24-12-8-9-15-30-24)32-29(37)34(28)22-13-14-26(36-4)25(17-22)31-20(3)35/h8-9,12-17,21,27-28H,5-7,10-11H2,1-4H3,(H,31,35)(H,32,37)/t27-,28+/m1/s1. The molecule has 2 atom stereocenters. The summed E-state index contributed by atoms with van der Waals surface area (Å²) in [5, 5.41) is 7.08. The summed E-state index contributed by atoms with van der Waals surface area (Å²) in [5.74, 6) is 0.446. The highest BCUT2D eigenvalue weighted by molar-refractivity contribution is 7.80. The van der Waals surface area contributed by atoms with Gasteiger partial charge in [0.2, 0.25) is 5.91 Å². The van der Waals surface area contributed by atoms with E-state index in [9.17, 15) is 4.79 Å². The number of aryl methyl sites for hydroxylation is 1. The van der Waals surface area contributed by atoms with E-state index in [2.05, 4.69) is 40.0 Å². The quantitative estimate of drug-likeness (QED) is 0.382. The lowest BCUT2D eigenvalue weighted by molar-refractivity contribution is -0.114. The maximum atomic E-state index is 11.9. The number of pyridine rings is 1. The zero-order valence-corrected chi connectivity index (χ0v) is 22.8. The Morgan fingerprint density at radius 1 is 1.14 bits per heavy atom. The van der Waals surface area contributed by atoms with E-state index in [1.54, 1.807) is 7.11 Å². The number of rotatable bonds is 6. The van der Waals surface area contributed by atoms with Gasteiger partial charge in [-0.15, -0.1) is 0 Å². The molecule has 1 amide bonds. The number of nitrogens with zero attached hydrogens (tertiary/aromatic N) is 3. The van der Waals surface area contributed by atoms with E-state index < -0.39 is 0 Å². The lowest BCUT2D eigenvalue weighted by atomic mass is 9.94. The van der Waals surface area contributed by atoms with Crippen LogP contribution in [0.25, 0.3) is 0 Å². The van der Waals surface area contributed by atoms with Crippen LogP contribution in [0, 0.1) is 13.8 Å². The third kappa shape index (κ3) is 4.82. The fraction of sp³-hybridized carbons (Fsp3) is 0.414. The first kappa shape index (κ1) is 25.3. The second kappa shape index (κ2) is 10.5. The highest BCUT2D eigenvalue weighted by atomic mass is 32.1. The van der Waals surface area contributed by atoms with E-state index in [0.29, 0.717) is 22.6 Å². The van der Waals surface area contributed by atoms with Crippen molar-refractivity contribution in [2.24, 2.45) is 0 Å². The van der Waals surface area contributed by atoms with Crippen molar-refractivity contribution < 1.29 is 9.53 Å². The molecule has 2 N–H and O–H groups in total. The van der Waals surface area contributed by atoms with Crippen LogP contribution in [0.5, 0.6) is 5.75 Å². The molecule has 1 saturated heterocycles. The predicted molar refractivity (Wildman–Crippen MR) is 151 cm³/mol. The zero-order valence-electron chi connectivity index (χ0n) is 22.0. The Balaban J connectivity index is 1.63. The Morgan fingerprint density at radius 3 is 2.59 bits per heavy atom. The number of thiocarbonyl (C=S) groups is 1. The molecule has 1 aromatic carbocycles. The average Bonchev–Trinajstić information content (AvgIpc) is 3.39. The Labute approximate surface area is 224 Å². The highest BCUT2D eigenvalue weighted by Gasteiger charge is 2.42. The SMILES string of the molecule is COc1ccc(N2C(=S)N[C@H](c3ccccn3)[C@@H]2c2cc(C)n(C3CCCCC3)c2C)cc1NC(C)=O. The second-order valence-electron chi connectivity index (χ2n) is 10.1. The van der Waals surface area contributed by atoms with Gasteiger partial charge in [-0.25, -0.2) is 0 Å². The lowest BCUT2D eigenvalue weighted by Gasteiger charge is -2.30. The number of hydrogen-bond acceptors (Lipinski definition) is 4. The second-order valence-corrected chi connectivity index (χ2v) is 10.4. The number of carbonyl (C=O) groups excluding carboxylic acids is 1. The van der Waals surface area contributed by atoms with Crippen molar-refractivity contribution >= 4 is 34.6 Å². The number of nitrogens with one attached hydrogen (secondary N) is 2. The first-order chi connectivity index (χ1) is 17.9. The van der Waals surface area contributed by atoms with E-state index in [1.165, 1.54) is 56.0 Å². The fourth-order valence-electron chi connectivity index (χ4n) is 6.09. The molecule has 1 aliphatic heterocycles. The number of aromatic nitrogens is 2. The monoisotopic (exact) mass is 517 g/mol. The van der Waals surface area contributed by atoms with E-state index >= 15 is 0 Å². The molecule has 0 spiro atoms. The Hall–Kier alpha value is -3.39. The summed E-state index contributed by atoms with van der Waals surface area (Å²) in [6.07, 6.45) is 8.17. The molecule has 2 aromatic heterocycles. The van der Waals surface area contributed by atoms with Gasteiger partial charge in [0.05, 0.1) is 30.6 Å². The maximum absolute atomic E-state index is 11.9. The minimum absolute atomic E-state index is 0.107. The Morgan fingerprint density at radius 2 is 1.92 bits per heavy atom. The van der Waals surface area contributed by atoms with E-state index in [0.717, 1.165) is 11.4 Å². The van der Waals surface area contributed by atoms with Gasteiger partial charge in [0.25, 0.3) is 0 Å². The smallest absolute Gasteiger partial charge is 0.221 e. The molecule has 3 heterocycles. The van der Waals surface area contributed by atoms with E-state index in [1.807, 2.05) is 42.6 Å².